The second kappa shape index (κ2) is 6.74. The van der Waals surface area contributed by atoms with Gasteiger partial charge < -0.3 is 10.4 Å². The Hall–Kier alpha value is -2.37. The molecule has 5 heteroatoms. The Bertz CT molecular complexity index is 1040. The lowest BCUT2D eigenvalue weighted by molar-refractivity contribution is -0.110. The summed E-state index contributed by atoms with van der Waals surface area (Å²) in [7, 11) is 0. The van der Waals surface area contributed by atoms with Crippen molar-refractivity contribution >= 4 is 55.1 Å². The van der Waals surface area contributed by atoms with Crippen LogP contribution in [0.4, 0.5) is 5.69 Å². The van der Waals surface area contributed by atoms with Crippen LogP contribution < -0.4 is 5.32 Å². The lowest BCUT2D eigenvalue weighted by atomic mass is 9.99. The zero-order valence-corrected chi connectivity index (χ0v) is 16.6. The van der Waals surface area contributed by atoms with E-state index in [1.165, 1.54) is 0 Å². The summed E-state index contributed by atoms with van der Waals surface area (Å²) >= 11 is 6.64. The molecule has 1 heterocycles. The minimum atomic E-state index is -0.134. The molecule has 0 radical (unpaired) electrons. The zero-order valence-electron chi connectivity index (χ0n) is 13.5. The maximum absolute atomic E-state index is 12.5. The van der Waals surface area contributed by atoms with Crippen LogP contribution in [0.1, 0.15) is 11.1 Å². The summed E-state index contributed by atoms with van der Waals surface area (Å²) in [6.07, 6.45) is 1.82. The maximum atomic E-state index is 12.5. The summed E-state index contributed by atoms with van der Waals surface area (Å²) in [5, 5.41) is 12.8. The smallest absolute Gasteiger partial charge is 0.256 e. The molecule has 0 aromatic heterocycles. The Morgan fingerprint density at radius 1 is 0.885 bits per heavy atom. The molecule has 1 aliphatic heterocycles. The Morgan fingerprint density at radius 2 is 1.58 bits per heavy atom. The average Bonchev–Trinajstić information content (AvgIpc) is 2.95. The summed E-state index contributed by atoms with van der Waals surface area (Å²) < 4.78 is 1.13. The zero-order chi connectivity index (χ0) is 18.3. The van der Waals surface area contributed by atoms with Gasteiger partial charge in [0.05, 0.1) is 8.95 Å². The molecule has 0 saturated carbocycles. The number of carbonyl (C=O) groups excluding carboxylic acids is 1. The topological polar surface area (TPSA) is 49.3 Å². The van der Waals surface area contributed by atoms with Gasteiger partial charge in [0, 0.05) is 16.8 Å². The molecule has 3 nitrogen and oxygen atoms in total. The van der Waals surface area contributed by atoms with E-state index in [1.807, 2.05) is 54.6 Å². The van der Waals surface area contributed by atoms with Gasteiger partial charge in [-0.2, -0.15) is 0 Å². The van der Waals surface area contributed by atoms with E-state index in [9.17, 15) is 9.90 Å². The predicted octanol–water partition coefficient (Wildman–Crippen LogP) is 6.08. The van der Waals surface area contributed by atoms with Gasteiger partial charge >= 0.3 is 0 Å². The van der Waals surface area contributed by atoms with Gasteiger partial charge in [0.25, 0.3) is 5.91 Å². The predicted molar refractivity (Wildman–Crippen MR) is 112 cm³/mol. The fraction of sp³-hybridized carbons (Fsp3) is 0. The molecule has 3 aromatic carbocycles. The van der Waals surface area contributed by atoms with Crippen molar-refractivity contribution in [2.45, 2.75) is 0 Å². The van der Waals surface area contributed by atoms with Crippen molar-refractivity contribution < 1.29 is 9.90 Å². The molecule has 1 aliphatic rings. The Labute approximate surface area is 167 Å². The Morgan fingerprint density at radius 3 is 2.27 bits per heavy atom. The number of nitrogens with one attached hydrogen (secondary N) is 1. The SMILES string of the molecule is O=C1Nc2cc(-c3ccccc3)ccc2C1=Cc1cc(Br)c(O)c(Br)c1. The maximum Gasteiger partial charge on any atom is 0.256 e. The number of carbonyl (C=O) groups is 1. The molecule has 2 N–H and O–H groups in total. The fourth-order valence-corrected chi connectivity index (χ4v) is 4.20. The van der Waals surface area contributed by atoms with Crippen LogP contribution in [0.15, 0.2) is 69.6 Å². The van der Waals surface area contributed by atoms with Crippen LogP contribution in [0.3, 0.4) is 0 Å². The molecule has 0 atom stereocenters. The van der Waals surface area contributed by atoms with Gasteiger partial charge in [0.2, 0.25) is 0 Å². The average molecular weight is 471 g/mol. The van der Waals surface area contributed by atoms with Gasteiger partial charge in [-0.25, -0.2) is 0 Å². The number of amides is 1. The van der Waals surface area contributed by atoms with Crippen LogP contribution in [0, 0.1) is 0 Å². The highest BCUT2D eigenvalue weighted by Crippen LogP contribution is 2.38. The number of rotatable bonds is 2. The van der Waals surface area contributed by atoms with Crippen LogP contribution in [0.25, 0.3) is 22.8 Å². The molecule has 26 heavy (non-hydrogen) atoms. The highest BCUT2D eigenvalue weighted by Gasteiger charge is 2.24. The minimum Gasteiger partial charge on any atom is -0.506 e. The van der Waals surface area contributed by atoms with Gasteiger partial charge in [-0.05, 0) is 72.8 Å². The fourth-order valence-electron chi connectivity index (χ4n) is 2.98. The normalized spacial score (nSPS) is 14.4. The first-order chi connectivity index (χ1) is 12.5. The molecule has 128 valence electrons. The van der Waals surface area contributed by atoms with Crippen molar-refractivity contribution in [1.82, 2.24) is 0 Å². The molecule has 0 fully saturated rings. The van der Waals surface area contributed by atoms with E-state index in [0.717, 1.165) is 27.9 Å². The summed E-state index contributed by atoms with van der Waals surface area (Å²) in [4.78, 5) is 12.5. The third-order valence-corrected chi connectivity index (χ3v) is 5.47. The Kier molecular flexibility index (Phi) is 4.42. The largest absolute Gasteiger partial charge is 0.506 e. The standard InChI is InChI=1S/C21H13Br2NO2/c22-17-9-12(10-18(23)20(17)25)8-16-15-7-6-14(11-19(15)24-21(16)26)13-4-2-1-3-5-13/h1-11,25H,(H,24,26). The highest BCUT2D eigenvalue weighted by molar-refractivity contribution is 9.11. The van der Waals surface area contributed by atoms with Gasteiger partial charge in [-0.1, -0.05) is 42.5 Å². The molecule has 3 aromatic rings. The van der Waals surface area contributed by atoms with E-state index >= 15 is 0 Å². The van der Waals surface area contributed by atoms with Crippen LogP contribution >= 0.6 is 31.9 Å². The molecule has 4 rings (SSSR count). The summed E-state index contributed by atoms with van der Waals surface area (Å²) in [6.45, 7) is 0. The van der Waals surface area contributed by atoms with Gasteiger partial charge in [-0.15, -0.1) is 0 Å². The van der Waals surface area contributed by atoms with Gasteiger partial charge in [-0.3, -0.25) is 4.79 Å². The number of aromatic hydroxyl groups is 1. The highest BCUT2D eigenvalue weighted by atomic mass is 79.9. The molecule has 0 unspecified atom stereocenters. The van der Waals surface area contributed by atoms with Crippen molar-refractivity contribution in [3.8, 4) is 16.9 Å². The van der Waals surface area contributed by atoms with Crippen LogP contribution in [-0.4, -0.2) is 11.0 Å². The summed E-state index contributed by atoms with van der Waals surface area (Å²) in [6, 6.07) is 19.6. The number of halogens is 2. The van der Waals surface area contributed by atoms with E-state index in [-0.39, 0.29) is 11.7 Å². The third-order valence-electron chi connectivity index (χ3n) is 4.26. The number of benzene rings is 3. The number of phenols is 1. The third kappa shape index (κ3) is 3.08. The molecule has 0 saturated heterocycles. The molecule has 0 aliphatic carbocycles. The second-order valence-electron chi connectivity index (χ2n) is 5.97. The monoisotopic (exact) mass is 469 g/mol. The number of phenolic OH excluding ortho intramolecular Hbond substituents is 1. The number of anilines is 1. The van der Waals surface area contributed by atoms with Crippen molar-refractivity contribution in [2.75, 3.05) is 5.32 Å². The van der Waals surface area contributed by atoms with E-state index in [4.69, 9.17) is 0 Å². The van der Waals surface area contributed by atoms with Crippen LogP contribution in [-0.2, 0) is 4.79 Å². The van der Waals surface area contributed by atoms with Crippen molar-refractivity contribution in [2.24, 2.45) is 0 Å². The quantitative estimate of drug-likeness (QED) is 0.446. The van der Waals surface area contributed by atoms with E-state index in [1.54, 1.807) is 12.1 Å². The molecular formula is C21H13Br2NO2. The first-order valence-electron chi connectivity index (χ1n) is 7.94. The van der Waals surface area contributed by atoms with Gasteiger partial charge in [0.1, 0.15) is 5.75 Å². The Balaban J connectivity index is 1.76. The lowest BCUT2D eigenvalue weighted by Gasteiger charge is -2.05. The minimum absolute atomic E-state index is 0.134. The molecule has 0 bridgehead atoms. The lowest BCUT2D eigenvalue weighted by Crippen LogP contribution is -2.03. The van der Waals surface area contributed by atoms with E-state index in [2.05, 4.69) is 37.2 Å². The molecule has 1 amide bonds. The van der Waals surface area contributed by atoms with Crippen LogP contribution in [0.5, 0.6) is 5.75 Å². The molecular weight excluding hydrogens is 458 g/mol. The van der Waals surface area contributed by atoms with E-state index in [0.29, 0.717) is 14.5 Å². The number of hydrogen-bond acceptors (Lipinski definition) is 2. The summed E-state index contributed by atoms with van der Waals surface area (Å²) in [5.41, 5.74) is 5.25. The van der Waals surface area contributed by atoms with Crippen molar-refractivity contribution in [1.29, 1.82) is 0 Å². The first-order valence-corrected chi connectivity index (χ1v) is 9.52. The first kappa shape index (κ1) is 17.1. The second-order valence-corrected chi connectivity index (χ2v) is 7.68. The van der Waals surface area contributed by atoms with E-state index < -0.39 is 0 Å². The number of hydrogen-bond donors (Lipinski definition) is 2. The number of fused-ring (bicyclic) bond motifs is 1. The molecule has 0 spiro atoms. The van der Waals surface area contributed by atoms with Crippen LogP contribution in [0.2, 0.25) is 0 Å². The van der Waals surface area contributed by atoms with Crippen molar-refractivity contribution in [3.05, 3.63) is 80.7 Å². The van der Waals surface area contributed by atoms with Crippen molar-refractivity contribution in [3.63, 3.8) is 0 Å². The summed E-state index contributed by atoms with van der Waals surface area (Å²) in [5.74, 6) is 0.00135. The van der Waals surface area contributed by atoms with Gasteiger partial charge in [0.15, 0.2) is 0 Å².